The zero-order valence-corrected chi connectivity index (χ0v) is 16.1. The van der Waals surface area contributed by atoms with Crippen molar-refractivity contribution in [3.05, 3.63) is 58.7 Å². The lowest BCUT2D eigenvalue weighted by Gasteiger charge is -2.27. The van der Waals surface area contributed by atoms with E-state index in [-0.39, 0.29) is 11.9 Å². The second-order valence-corrected chi connectivity index (χ2v) is 7.95. The molecule has 1 aliphatic rings. The van der Waals surface area contributed by atoms with E-state index in [1.54, 1.807) is 24.3 Å². The standard InChI is InChI=1S/C19H18ClN3O3S/c1-23-16-9-12(20)3-2-11(16)8-17(23)19(24)22-15-6-7-26-18-10-13(27(21)25)4-5-14(15)18/h2-5,8-10,15H,6-7,21H2,1H3,(H,22,24). The average molecular weight is 404 g/mol. The van der Waals surface area contributed by atoms with Gasteiger partial charge in [-0.3, -0.25) is 4.79 Å². The van der Waals surface area contributed by atoms with Crippen molar-refractivity contribution in [2.75, 3.05) is 6.61 Å². The normalized spacial score (nSPS) is 17.2. The number of hydrogen-bond acceptors (Lipinski definition) is 3. The number of carbonyl (C=O) groups excluding carboxylic acids is 1. The highest BCUT2D eigenvalue weighted by molar-refractivity contribution is 7.82. The van der Waals surface area contributed by atoms with E-state index in [1.165, 1.54) is 0 Å². The third kappa shape index (κ3) is 3.34. The van der Waals surface area contributed by atoms with Crippen LogP contribution >= 0.6 is 11.6 Å². The van der Waals surface area contributed by atoms with Gasteiger partial charge in [0.2, 0.25) is 0 Å². The molecule has 4 rings (SSSR count). The van der Waals surface area contributed by atoms with E-state index in [0.717, 1.165) is 16.5 Å². The minimum Gasteiger partial charge on any atom is -0.493 e. The zero-order valence-electron chi connectivity index (χ0n) is 14.6. The van der Waals surface area contributed by atoms with Crippen LogP contribution in [0.1, 0.15) is 28.5 Å². The molecule has 2 unspecified atom stereocenters. The molecule has 1 aromatic heterocycles. The first-order valence-electron chi connectivity index (χ1n) is 8.43. The van der Waals surface area contributed by atoms with Gasteiger partial charge in [-0.25, -0.2) is 9.35 Å². The maximum absolute atomic E-state index is 12.9. The van der Waals surface area contributed by atoms with Crippen LogP contribution in [-0.2, 0) is 18.0 Å². The average Bonchev–Trinajstić information content (AvgIpc) is 2.98. The number of nitrogens with one attached hydrogen (secondary N) is 1. The molecule has 0 radical (unpaired) electrons. The molecule has 0 fully saturated rings. The highest BCUT2D eigenvalue weighted by atomic mass is 35.5. The first-order chi connectivity index (χ1) is 12.9. The first-order valence-corrected chi connectivity index (χ1v) is 10.0. The van der Waals surface area contributed by atoms with Crippen molar-refractivity contribution in [2.24, 2.45) is 12.2 Å². The van der Waals surface area contributed by atoms with Crippen molar-refractivity contribution in [3.8, 4) is 5.75 Å². The number of ether oxygens (including phenoxy) is 1. The number of nitrogens with two attached hydrogens (primary N) is 1. The fourth-order valence-electron chi connectivity index (χ4n) is 3.40. The van der Waals surface area contributed by atoms with Crippen LogP contribution in [-0.4, -0.2) is 21.3 Å². The molecule has 0 bridgehead atoms. The summed E-state index contributed by atoms with van der Waals surface area (Å²) in [7, 11) is 0.267. The molecule has 140 valence electrons. The maximum Gasteiger partial charge on any atom is 0.268 e. The first kappa shape index (κ1) is 18.0. The van der Waals surface area contributed by atoms with Gasteiger partial charge in [-0.15, -0.1) is 0 Å². The Hall–Kier alpha value is -2.35. The molecule has 27 heavy (non-hydrogen) atoms. The summed E-state index contributed by atoms with van der Waals surface area (Å²) < 4.78 is 19.0. The monoisotopic (exact) mass is 403 g/mol. The molecule has 1 amide bonds. The lowest BCUT2D eigenvalue weighted by Crippen LogP contribution is -2.33. The Morgan fingerprint density at radius 1 is 1.30 bits per heavy atom. The molecule has 0 saturated carbocycles. The summed E-state index contributed by atoms with van der Waals surface area (Å²) in [5, 5.41) is 10.1. The van der Waals surface area contributed by atoms with Crippen LogP contribution in [0, 0.1) is 0 Å². The van der Waals surface area contributed by atoms with E-state index in [0.29, 0.717) is 34.4 Å². The van der Waals surface area contributed by atoms with Gasteiger partial charge in [0.05, 0.1) is 17.5 Å². The molecule has 0 aliphatic carbocycles. The van der Waals surface area contributed by atoms with E-state index in [2.05, 4.69) is 5.32 Å². The van der Waals surface area contributed by atoms with Crippen LogP contribution in [0.4, 0.5) is 0 Å². The number of rotatable bonds is 3. The lowest BCUT2D eigenvalue weighted by atomic mass is 10.0. The number of carbonyl (C=O) groups is 1. The fourth-order valence-corrected chi connectivity index (χ4v) is 3.99. The van der Waals surface area contributed by atoms with Crippen molar-refractivity contribution >= 4 is 39.4 Å². The number of amides is 1. The van der Waals surface area contributed by atoms with Gasteiger partial charge in [-0.05, 0) is 30.3 Å². The Bertz CT molecular complexity index is 1080. The van der Waals surface area contributed by atoms with Crippen LogP contribution in [0.2, 0.25) is 5.02 Å². The van der Waals surface area contributed by atoms with E-state index < -0.39 is 11.0 Å². The van der Waals surface area contributed by atoms with E-state index in [4.69, 9.17) is 21.5 Å². The minimum absolute atomic E-state index is 0.172. The van der Waals surface area contributed by atoms with Gasteiger partial charge in [0.25, 0.3) is 5.91 Å². The minimum atomic E-state index is -1.57. The second-order valence-electron chi connectivity index (χ2n) is 6.45. The molecule has 1 aliphatic heterocycles. The van der Waals surface area contributed by atoms with Crippen molar-refractivity contribution in [1.29, 1.82) is 0 Å². The van der Waals surface area contributed by atoms with Crippen molar-refractivity contribution < 1.29 is 13.7 Å². The van der Waals surface area contributed by atoms with Gasteiger partial charge in [0, 0.05) is 35.0 Å². The number of nitrogens with zero attached hydrogens (tertiary/aromatic N) is 1. The van der Waals surface area contributed by atoms with Gasteiger partial charge in [-0.2, -0.15) is 0 Å². The van der Waals surface area contributed by atoms with Gasteiger partial charge in [0.1, 0.15) is 22.4 Å². The zero-order chi connectivity index (χ0) is 19.1. The molecule has 2 atom stereocenters. The summed E-state index contributed by atoms with van der Waals surface area (Å²) in [6.07, 6.45) is 0.652. The molecule has 0 spiro atoms. The third-order valence-corrected chi connectivity index (χ3v) is 5.76. The predicted octanol–water partition coefficient (Wildman–Crippen LogP) is 3.07. The summed E-state index contributed by atoms with van der Waals surface area (Å²) in [5.41, 5.74) is 2.31. The number of aryl methyl sites for hydroxylation is 1. The molecule has 2 heterocycles. The van der Waals surface area contributed by atoms with Gasteiger partial charge >= 0.3 is 0 Å². The van der Waals surface area contributed by atoms with Crippen LogP contribution in [0.25, 0.3) is 10.9 Å². The number of fused-ring (bicyclic) bond motifs is 2. The maximum atomic E-state index is 12.9. The third-order valence-electron chi connectivity index (χ3n) is 4.80. The molecule has 6 nitrogen and oxygen atoms in total. The van der Waals surface area contributed by atoms with Gasteiger partial charge < -0.3 is 14.6 Å². The second kappa shape index (κ2) is 6.99. The molecule has 0 saturated heterocycles. The van der Waals surface area contributed by atoms with Crippen LogP contribution < -0.4 is 15.2 Å². The topological polar surface area (TPSA) is 86.3 Å². The van der Waals surface area contributed by atoms with E-state index in [1.807, 2.05) is 29.8 Å². The largest absolute Gasteiger partial charge is 0.493 e. The van der Waals surface area contributed by atoms with Gasteiger partial charge in [0.15, 0.2) is 0 Å². The quantitative estimate of drug-likeness (QED) is 0.704. The highest BCUT2D eigenvalue weighted by Crippen LogP contribution is 2.33. The molecule has 2 aromatic carbocycles. The molecular formula is C19H18ClN3O3S. The summed E-state index contributed by atoms with van der Waals surface area (Å²) in [4.78, 5) is 13.4. The summed E-state index contributed by atoms with van der Waals surface area (Å²) in [6.45, 7) is 0.462. The smallest absolute Gasteiger partial charge is 0.268 e. The van der Waals surface area contributed by atoms with Crippen LogP contribution in [0.15, 0.2) is 47.4 Å². The predicted molar refractivity (Wildman–Crippen MR) is 105 cm³/mol. The summed E-state index contributed by atoms with van der Waals surface area (Å²) >= 11 is 6.07. The number of halogens is 1. The molecular weight excluding hydrogens is 386 g/mol. The van der Waals surface area contributed by atoms with Crippen molar-refractivity contribution in [3.63, 3.8) is 0 Å². The SMILES string of the molecule is Cn1c(C(=O)NC2CCOc3cc(S(N)=O)ccc32)cc2ccc(Cl)cc21. The van der Waals surface area contributed by atoms with E-state index in [9.17, 15) is 9.00 Å². The Labute approximate surface area is 163 Å². The number of aromatic nitrogens is 1. The molecule has 8 heteroatoms. The highest BCUT2D eigenvalue weighted by Gasteiger charge is 2.25. The number of benzene rings is 2. The van der Waals surface area contributed by atoms with Crippen molar-refractivity contribution in [2.45, 2.75) is 17.4 Å². The Balaban J connectivity index is 1.63. The summed E-state index contributed by atoms with van der Waals surface area (Å²) in [6, 6.07) is 12.4. The Kier molecular flexibility index (Phi) is 4.67. The number of hydrogen-bond donors (Lipinski definition) is 2. The summed E-state index contributed by atoms with van der Waals surface area (Å²) in [5.74, 6) is 0.431. The lowest BCUT2D eigenvalue weighted by molar-refractivity contribution is 0.0917. The molecule has 3 N–H and O–H groups in total. The molecule has 3 aromatic rings. The van der Waals surface area contributed by atoms with Crippen LogP contribution in [0.3, 0.4) is 0 Å². The van der Waals surface area contributed by atoms with Gasteiger partial charge in [-0.1, -0.05) is 23.7 Å². The fraction of sp³-hybridized carbons (Fsp3) is 0.211. The Morgan fingerprint density at radius 3 is 2.89 bits per heavy atom. The van der Waals surface area contributed by atoms with Crippen molar-refractivity contribution in [1.82, 2.24) is 9.88 Å². The van der Waals surface area contributed by atoms with E-state index >= 15 is 0 Å². The Morgan fingerprint density at radius 2 is 2.11 bits per heavy atom. The van der Waals surface area contributed by atoms with Crippen LogP contribution in [0.5, 0.6) is 5.75 Å².